The fraction of sp³-hybridized carbons (Fsp3) is 0.600. The molecule has 0 aromatic heterocycles. The van der Waals surface area contributed by atoms with Gasteiger partial charge in [-0.15, -0.1) is 0 Å². The second-order valence-electron chi connectivity index (χ2n) is 6.19. The summed E-state index contributed by atoms with van der Waals surface area (Å²) in [5.74, 6) is 0. The van der Waals surface area contributed by atoms with Gasteiger partial charge in [0.15, 0.2) is 0 Å². The van der Waals surface area contributed by atoms with E-state index < -0.39 is 0 Å². The van der Waals surface area contributed by atoms with Gasteiger partial charge in [-0.1, -0.05) is 27.7 Å². The molecule has 112 valence electrons. The van der Waals surface area contributed by atoms with Crippen molar-refractivity contribution in [3.63, 3.8) is 0 Å². The van der Waals surface area contributed by atoms with E-state index in [1.165, 1.54) is 0 Å². The summed E-state index contributed by atoms with van der Waals surface area (Å²) in [6, 6.07) is 5.08. The summed E-state index contributed by atoms with van der Waals surface area (Å²) < 4.78 is 0. The van der Waals surface area contributed by atoms with E-state index in [1.54, 1.807) is 12.1 Å². The Morgan fingerprint density at radius 2 is 1.65 bits per heavy atom. The van der Waals surface area contributed by atoms with E-state index in [-0.39, 0.29) is 16.0 Å². The number of hydrogen-bond donors (Lipinski definition) is 2. The zero-order valence-electron chi connectivity index (χ0n) is 12.8. The highest BCUT2D eigenvalue weighted by Crippen LogP contribution is 2.25. The van der Waals surface area contributed by atoms with Crippen LogP contribution in [0.25, 0.3) is 0 Å². The van der Waals surface area contributed by atoms with Gasteiger partial charge < -0.3 is 10.6 Å². The molecular formula is C15H25N3O2. The van der Waals surface area contributed by atoms with Crippen LogP contribution in [0.15, 0.2) is 18.2 Å². The fourth-order valence-corrected chi connectivity index (χ4v) is 1.77. The Kier molecular flexibility index (Phi) is 5.80. The molecule has 2 N–H and O–H groups in total. The number of non-ortho nitro benzene ring substituents is 1. The number of nitrogens with zero attached hydrogens (tertiary/aromatic N) is 1. The first kappa shape index (κ1) is 16.3. The van der Waals surface area contributed by atoms with Gasteiger partial charge in [-0.25, -0.2) is 0 Å². The summed E-state index contributed by atoms with van der Waals surface area (Å²) in [5, 5.41) is 17.4. The molecule has 0 bridgehead atoms. The van der Waals surface area contributed by atoms with Crippen LogP contribution in [-0.2, 0) is 0 Å². The van der Waals surface area contributed by atoms with Crippen LogP contribution in [0.1, 0.15) is 40.5 Å². The largest absolute Gasteiger partial charge is 0.385 e. The number of hydrogen-bond acceptors (Lipinski definition) is 4. The zero-order valence-corrected chi connectivity index (χ0v) is 12.8. The molecule has 5 heteroatoms. The number of nitrogens with one attached hydrogen (secondary N) is 2. The summed E-state index contributed by atoms with van der Waals surface area (Å²) in [4.78, 5) is 10.6. The maximum Gasteiger partial charge on any atom is 0.273 e. The van der Waals surface area contributed by atoms with Crippen LogP contribution in [-0.4, -0.2) is 18.0 Å². The van der Waals surface area contributed by atoms with Crippen molar-refractivity contribution in [3.05, 3.63) is 28.3 Å². The first-order chi connectivity index (χ1) is 9.31. The molecule has 0 amide bonds. The lowest BCUT2D eigenvalue weighted by atomic mass is 9.92. The number of rotatable bonds is 7. The minimum Gasteiger partial charge on any atom is -0.385 e. The molecule has 1 aromatic rings. The molecular weight excluding hydrogens is 254 g/mol. The molecule has 0 saturated carbocycles. The lowest BCUT2D eigenvalue weighted by Crippen LogP contribution is -2.13. The number of nitro benzene ring substituents is 1. The number of nitro groups is 1. The van der Waals surface area contributed by atoms with E-state index in [1.807, 2.05) is 6.07 Å². The van der Waals surface area contributed by atoms with Gasteiger partial charge in [0.2, 0.25) is 0 Å². The smallest absolute Gasteiger partial charge is 0.273 e. The molecule has 0 heterocycles. The number of anilines is 2. The van der Waals surface area contributed by atoms with Crippen molar-refractivity contribution < 1.29 is 4.92 Å². The zero-order chi connectivity index (χ0) is 15.2. The van der Waals surface area contributed by atoms with Crippen molar-refractivity contribution in [3.8, 4) is 0 Å². The van der Waals surface area contributed by atoms with E-state index in [2.05, 4.69) is 38.3 Å². The summed E-state index contributed by atoms with van der Waals surface area (Å²) >= 11 is 0. The van der Waals surface area contributed by atoms with Crippen molar-refractivity contribution in [1.29, 1.82) is 0 Å². The Morgan fingerprint density at radius 1 is 1.10 bits per heavy atom. The van der Waals surface area contributed by atoms with E-state index in [0.29, 0.717) is 0 Å². The second-order valence-corrected chi connectivity index (χ2v) is 6.19. The highest BCUT2D eigenvalue weighted by atomic mass is 16.6. The van der Waals surface area contributed by atoms with Gasteiger partial charge in [-0.2, -0.15) is 0 Å². The maximum absolute atomic E-state index is 11.0. The van der Waals surface area contributed by atoms with Crippen LogP contribution in [0.5, 0.6) is 0 Å². The van der Waals surface area contributed by atoms with Crippen LogP contribution in [0, 0.1) is 15.5 Å². The third-order valence-corrected chi connectivity index (χ3v) is 2.91. The van der Waals surface area contributed by atoms with E-state index in [9.17, 15) is 10.1 Å². The molecule has 0 fully saturated rings. The maximum atomic E-state index is 11.0. The predicted octanol–water partition coefficient (Wildman–Crippen LogP) is 4.26. The summed E-state index contributed by atoms with van der Waals surface area (Å²) in [6.45, 7) is 10.2. The Hall–Kier alpha value is -1.78. The van der Waals surface area contributed by atoms with Crippen LogP contribution in [0.3, 0.4) is 0 Å². The van der Waals surface area contributed by atoms with Crippen LogP contribution >= 0.6 is 0 Å². The minimum absolute atomic E-state index is 0.115. The predicted molar refractivity (Wildman–Crippen MR) is 84.4 cm³/mol. The molecule has 5 nitrogen and oxygen atoms in total. The van der Waals surface area contributed by atoms with Gasteiger partial charge in [0.05, 0.1) is 4.92 Å². The summed E-state index contributed by atoms with van der Waals surface area (Å²) in [6.07, 6.45) is 1.99. The Balaban J connectivity index is 2.77. The normalized spacial score (nSPS) is 11.2. The third-order valence-electron chi connectivity index (χ3n) is 2.91. The van der Waals surface area contributed by atoms with Gasteiger partial charge in [-0.3, -0.25) is 10.1 Å². The molecule has 0 saturated heterocycles. The SMILES string of the molecule is CCCNc1cc(NCCC(C)(C)C)cc([N+](=O)[O-])c1. The molecule has 0 aliphatic carbocycles. The average molecular weight is 279 g/mol. The lowest BCUT2D eigenvalue weighted by Gasteiger charge is -2.18. The molecule has 0 unspecified atom stereocenters. The monoisotopic (exact) mass is 279 g/mol. The van der Waals surface area contributed by atoms with Gasteiger partial charge in [0.1, 0.15) is 0 Å². The van der Waals surface area contributed by atoms with Crippen LogP contribution in [0.2, 0.25) is 0 Å². The highest BCUT2D eigenvalue weighted by molar-refractivity contribution is 5.63. The van der Waals surface area contributed by atoms with Crippen molar-refractivity contribution >= 4 is 17.1 Å². The van der Waals surface area contributed by atoms with E-state index >= 15 is 0 Å². The molecule has 1 rings (SSSR count). The average Bonchev–Trinajstić information content (AvgIpc) is 2.34. The molecule has 1 aromatic carbocycles. The Morgan fingerprint density at radius 3 is 2.10 bits per heavy atom. The quantitative estimate of drug-likeness (QED) is 0.578. The van der Waals surface area contributed by atoms with Crippen molar-refractivity contribution in [1.82, 2.24) is 0 Å². The highest BCUT2D eigenvalue weighted by Gasteiger charge is 2.12. The summed E-state index contributed by atoms with van der Waals surface area (Å²) in [7, 11) is 0. The second kappa shape index (κ2) is 7.12. The minimum atomic E-state index is -0.355. The van der Waals surface area contributed by atoms with Gasteiger partial charge in [-0.05, 0) is 24.3 Å². The fourth-order valence-electron chi connectivity index (χ4n) is 1.77. The molecule has 0 atom stereocenters. The third kappa shape index (κ3) is 5.91. The molecule has 0 aliphatic heterocycles. The standard InChI is InChI=1S/C15H25N3O2/c1-5-7-16-12-9-13(11-14(10-12)18(19)20)17-8-6-15(2,3)4/h9-11,16-17H,5-8H2,1-4H3. The Labute approximate surface area is 120 Å². The van der Waals surface area contributed by atoms with Gasteiger partial charge in [0, 0.05) is 36.6 Å². The summed E-state index contributed by atoms with van der Waals surface area (Å²) in [5.41, 5.74) is 1.95. The van der Waals surface area contributed by atoms with E-state index in [4.69, 9.17) is 0 Å². The van der Waals surface area contributed by atoms with Crippen molar-refractivity contribution in [2.45, 2.75) is 40.5 Å². The van der Waals surface area contributed by atoms with Crippen LogP contribution < -0.4 is 10.6 Å². The molecule has 20 heavy (non-hydrogen) atoms. The van der Waals surface area contributed by atoms with Crippen molar-refractivity contribution in [2.75, 3.05) is 23.7 Å². The topological polar surface area (TPSA) is 67.2 Å². The molecule has 0 radical (unpaired) electrons. The molecule has 0 spiro atoms. The number of benzene rings is 1. The Bertz CT molecular complexity index is 453. The first-order valence-electron chi connectivity index (χ1n) is 7.09. The first-order valence-corrected chi connectivity index (χ1v) is 7.09. The lowest BCUT2D eigenvalue weighted by molar-refractivity contribution is -0.384. The van der Waals surface area contributed by atoms with Crippen LogP contribution in [0.4, 0.5) is 17.1 Å². The van der Waals surface area contributed by atoms with Gasteiger partial charge >= 0.3 is 0 Å². The van der Waals surface area contributed by atoms with Crippen molar-refractivity contribution in [2.24, 2.45) is 5.41 Å². The van der Waals surface area contributed by atoms with E-state index in [0.717, 1.165) is 37.3 Å². The van der Waals surface area contributed by atoms with Gasteiger partial charge in [0.25, 0.3) is 5.69 Å². The molecule has 0 aliphatic rings.